The lowest BCUT2D eigenvalue weighted by molar-refractivity contribution is -0.132. The predicted octanol–water partition coefficient (Wildman–Crippen LogP) is 4.19. The first-order valence-corrected chi connectivity index (χ1v) is 9.38. The Morgan fingerprint density at radius 2 is 1.46 bits per heavy atom. The van der Waals surface area contributed by atoms with Crippen molar-refractivity contribution in [3.05, 3.63) is 107 Å². The molecular weight excluding hydrogens is 348 g/mol. The minimum Gasteiger partial charge on any atom is -0.319 e. The van der Waals surface area contributed by atoms with E-state index in [-0.39, 0.29) is 18.5 Å². The van der Waals surface area contributed by atoms with E-state index in [1.165, 1.54) is 4.90 Å². The van der Waals surface area contributed by atoms with Crippen LogP contribution in [-0.4, -0.2) is 16.8 Å². The Kier molecular flexibility index (Phi) is 4.70. The first kappa shape index (κ1) is 18.0. The largest absolute Gasteiger partial charge is 0.325 e. The Balaban J connectivity index is 1.72. The lowest BCUT2D eigenvalue weighted by atomic mass is 9.83. The molecule has 1 heterocycles. The van der Waals surface area contributed by atoms with Crippen molar-refractivity contribution < 1.29 is 9.59 Å². The SMILES string of the molecule is Cc1cccc(CN2C(=O)N[C@](Cc3ccccc3)(c3ccccc3)C2=O)c1. The van der Waals surface area contributed by atoms with Gasteiger partial charge in [-0.1, -0.05) is 90.5 Å². The molecule has 0 bridgehead atoms. The van der Waals surface area contributed by atoms with Gasteiger partial charge in [-0.25, -0.2) is 4.79 Å². The van der Waals surface area contributed by atoms with Gasteiger partial charge in [0.15, 0.2) is 5.54 Å². The number of urea groups is 1. The van der Waals surface area contributed by atoms with Crippen LogP contribution >= 0.6 is 0 Å². The van der Waals surface area contributed by atoms with Gasteiger partial charge in [0.05, 0.1) is 6.54 Å². The summed E-state index contributed by atoms with van der Waals surface area (Å²) in [6.07, 6.45) is 0.409. The van der Waals surface area contributed by atoms with Gasteiger partial charge in [-0.15, -0.1) is 0 Å². The summed E-state index contributed by atoms with van der Waals surface area (Å²) in [6.45, 7) is 2.26. The van der Waals surface area contributed by atoms with Crippen LogP contribution in [0.1, 0.15) is 22.3 Å². The summed E-state index contributed by atoms with van der Waals surface area (Å²) in [5.74, 6) is -0.214. The highest BCUT2D eigenvalue weighted by atomic mass is 16.2. The number of hydrogen-bond donors (Lipinski definition) is 1. The molecular formula is C24H22N2O2. The molecule has 1 aliphatic rings. The molecule has 3 aromatic carbocycles. The molecule has 1 saturated heterocycles. The van der Waals surface area contributed by atoms with E-state index in [9.17, 15) is 9.59 Å². The van der Waals surface area contributed by atoms with Crippen molar-refractivity contribution in [3.8, 4) is 0 Å². The minimum atomic E-state index is -1.09. The molecule has 1 aliphatic heterocycles. The van der Waals surface area contributed by atoms with Gasteiger partial charge in [0, 0.05) is 6.42 Å². The summed E-state index contributed by atoms with van der Waals surface area (Å²) >= 11 is 0. The molecule has 140 valence electrons. The second-order valence-corrected chi connectivity index (χ2v) is 7.24. The maximum absolute atomic E-state index is 13.6. The molecule has 0 radical (unpaired) electrons. The van der Waals surface area contributed by atoms with Crippen molar-refractivity contribution in [2.24, 2.45) is 0 Å². The highest BCUT2D eigenvalue weighted by molar-refractivity contribution is 6.07. The first-order valence-electron chi connectivity index (χ1n) is 9.38. The van der Waals surface area contributed by atoms with Gasteiger partial charge in [0.2, 0.25) is 0 Å². The fourth-order valence-corrected chi connectivity index (χ4v) is 3.81. The molecule has 0 unspecified atom stereocenters. The third-order valence-electron chi connectivity index (χ3n) is 5.18. The molecule has 28 heavy (non-hydrogen) atoms. The number of amides is 3. The van der Waals surface area contributed by atoms with Crippen molar-refractivity contribution in [1.29, 1.82) is 0 Å². The van der Waals surface area contributed by atoms with E-state index in [1.807, 2.05) is 91.9 Å². The van der Waals surface area contributed by atoms with Crippen molar-refractivity contribution in [3.63, 3.8) is 0 Å². The summed E-state index contributed by atoms with van der Waals surface area (Å²) in [5, 5.41) is 3.00. The smallest absolute Gasteiger partial charge is 0.319 e. The van der Waals surface area contributed by atoms with Gasteiger partial charge in [0.1, 0.15) is 0 Å². The first-order chi connectivity index (χ1) is 13.6. The lowest BCUT2D eigenvalue weighted by Gasteiger charge is -2.27. The van der Waals surface area contributed by atoms with Crippen LogP contribution in [0.5, 0.6) is 0 Å². The zero-order valence-electron chi connectivity index (χ0n) is 15.8. The molecule has 4 nitrogen and oxygen atoms in total. The number of imide groups is 1. The molecule has 0 aromatic heterocycles. The van der Waals surface area contributed by atoms with E-state index in [1.54, 1.807) is 0 Å². The number of aryl methyl sites for hydroxylation is 1. The molecule has 0 aliphatic carbocycles. The third-order valence-corrected chi connectivity index (χ3v) is 5.18. The van der Waals surface area contributed by atoms with Crippen molar-refractivity contribution >= 4 is 11.9 Å². The monoisotopic (exact) mass is 370 g/mol. The Morgan fingerprint density at radius 3 is 2.14 bits per heavy atom. The quantitative estimate of drug-likeness (QED) is 0.685. The molecule has 1 N–H and O–H groups in total. The Hall–Kier alpha value is -3.40. The fourth-order valence-electron chi connectivity index (χ4n) is 3.81. The summed E-state index contributed by atoms with van der Waals surface area (Å²) in [4.78, 5) is 27.7. The molecule has 1 atom stereocenters. The van der Waals surface area contributed by atoms with E-state index >= 15 is 0 Å². The van der Waals surface area contributed by atoms with Crippen molar-refractivity contribution in [2.45, 2.75) is 25.4 Å². The summed E-state index contributed by atoms with van der Waals surface area (Å²) in [5.41, 5.74) is 2.74. The van der Waals surface area contributed by atoms with Gasteiger partial charge < -0.3 is 5.32 Å². The maximum Gasteiger partial charge on any atom is 0.325 e. The number of benzene rings is 3. The number of rotatable bonds is 5. The van der Waals surface area contributed by atoms with Crippen LogP contribution in [-0.2, 0) is 23.3 Å². The Labute approximate surface area is 164 Å². The lowest BCUT2D eigenvalue weighted by Crippen LogP contribution is -2.46. The van der Waals surface area contributed by atoms with E-state index in [0.29, 0.717) is 6.42 Å². The van der Waals surface area contributed by atoms with Crippen LogP contribution in [0.25, 0.3) is 0 Å². The van der Waals surface area contributed by atoms with Gasteiger partial charge in [-0.3, -0.25) is 9.69 Å². The van der Waals surface area contributed by atoms with E-state index in [2.05, 4.69) is 5.32 Å². The topological polar surface area (TPSA) is 49.4 Å². The number of nitrogens with zero attached hydrogens (tertiary/aromatic N) is 1. The van der Waals surface area contributed by atoms with Gasteiger partial charge in [-0.2, -0.15) is 0 Å². The zero-order valence-corrected chi connectivity index (χ0v) is 15.8. The van der Waals surface area contributed by atoms with E-state index in [4.69, 9.17) is 0 Å². The molecule has 4 rings (SSSR count). The second-order valence-electron chi connectivity index (χ2n) is 7.24. The van der Waals surface area contributed by atoms with E-state index in [0.717, 1.165) is 22.3 Å². The molecule has 0 saturated carbocycles. The van der Waals surface area contributed by atoms with Crippen LogP contribution in [0.4, 0.5) is 4.79 Å². The highest BCUT2D eigenvalue weighted by Crippen LogP contribution is 2.33. The Morgan fingerprint density at radius 1 is 0.821 bits per heavy atom. The van der Waals surface area contributed by atoms with Gasteiger partial charge in [-0.05, 0) is 23.6 Å². The molecule has 3 aromatic rings. The highest BCUT2D eigenvalue weighted by Gasteiger charge is 2.52. The van der Waals surface area contributed by atoms with Gasteiger partial charge >= 0.3 is 6.03 Å². The van der Waals surface area contributed by atoms with E-state index < -0.39 is 5.54 Å². The Bertz CT molecular complexity index is 1000. The summed E-state index contributed by atoms with van der Waals surface area (Å²) < 4.78 is 0. The molecule has 1 fully saturated rings. The minimum absolute atomic E-state index is 0.214. The predicted molar refractivity (Wildman–Crippen MR) is 109 cm³/mol. The van der Waals surface area contributed by atoms with Gasteiger partial charge in [0.25, 0.3) is 5.91 Å². The standard InChI is InChI=1S/C24H22N2O2/c1-18-9-8-12-20(15-18)17-26-22(27)24(25-23(26)28,21-13-6-3-7-14-21)16-19-10-4-2-5-11-19/h2-15H,16-17H2,1H3,(H,25,28)/t24-/m1/s1. The molecule has 4 heteroatoms. The molecule has 3 amide bonds. The zero-order chi connectivity index (χ0) is 19.6. The molecule has 0 spiro atoms. The van der Waals surface area contributed by atoms with Crippen LogP contribution in [0, 0.1) is 6.92 Å². The maximum atomic E-state index is 13.6. The number of carbonyl (C=O) groups excluding carboxylic acids is 2. The number of nitrogens with one attached hydrogen (secondary N) is 1. The van der Waals surface area contributed by atoms with Crippen molar-refractivity contribution in [2.75, 3.05) is 0 Å². The third kappa shape index (κ3) is 3.29. The van der Waals surface area contributed by atoms with Crippen LogP contribution in [0.3, 0.4) is 0 Å². The average Bonchev–Trinajstić information content (AvgIpc) is 2.94. The van der Waals surface area contributed by atoms with Crippen LogP contribution < -0.4 is 5.32 Å². The second kappa shape index (κ2) is 7.31. The number of hydrogen-bond acceptors (Lipinski definition) is 2. The summed E-state index contributed by atoms with van der Waals surface area (Å²) in [7, 11) is 0. The summed E-state index contributed by atoms with van der Waals surface area (Å²) in [6, 6.07) is 26.8. The van der Waals surface area contributed by atoms with Crippen LogP contribution in [0.2, 0.25) is 0 Å². The fraction of sp³-hybridized carbons (Fsp3) is 0.167. The average molecular weight is 370 g/mol. The number of carbonyl (C=O) groups is 2. The van der Waals surface area contributed by atoms with Crippen LogP contribution in [0.15, 0.2) is 84.9 Å². The van der Waals surface area contributed by atoms with Crippen molar-refractivity contribution in [1.82, 2.24) is 10.2 Å². The normalized spacial score (nSPS) is 19.0.